The van der Waals surface area contributed by atoms with Gasteiger partial charge >= 0.3 is 5.51 Å². The Labute approximate surface area is 232 Å². The molecule has 10 heteroatoms. The van der Waals surface area contributed by atoms with Crippen molar-refractivity contribution in [1.29, 1.82) is 0 Å². The summed E-state index contributed by atoms with van der Waals surface area (Å²) in [4.78, 5) is 11.9. The minimum atomic E-state index is -4.47. The van der Waals surface area contributed by atoms with E-state index in [1.165, 1.54) is 40.4 Å². The molecule has 0 saturated heterocycles. The molecule has 0 bridgehead atoms. The number of thioether (sulfide) groups is 1. The molecule has 1 unspecified atom stereocenters. The van der Waals surface area contributed by atoms with Crippen molar-refractivity contribution in [3.8, 4) is 23.7 Å². The number of pyridine rings is 1. The number of nitrogens with two attached hydrogens (primary N) is 1. The van der Waals surface area contributed by atoms with E-state index >= 15 is 0 Å². The second-order valence-electron chi connectivity index (χ2n) is 8.17. The van der Waals surface area contributed by atoms with Crippen molar-refractivity contribution in [2.24, 2.45) is 13.0 Å². The third kappa shape index (κ3) is 10.1. The van der Waals surface area contributed by atoms with E-state index in [0.717, 1.165) is 12.8 Å². The molecule has 1 atom stereocenters. The molecule has 0 aromatic carbocycles. The number of halogens is 3. The number of nitrogen functional groups attached to an aromatic ring is 1. The largest absolute Gasteiger partial charge is 0.447 e. The van der Waals surface area contributed by atoms with Gasteiger partial charge in [-0.3, -0.25) is 9.48 Å². The average molecular weight is 558 g/mol. The number of anilines is 1. The Balaban J connectivity index is 0.000000372. The van der Waals surface area contributed by atoms with Gasteiger partial charge in [0.1, 0.15) is 5.03 Å². The van der Waals surface area contributed by atoms with Gasteiger partial charge < -0.3 is 15.5 Å². The number of aryl methyl sites for hydroxylation is 1. The molecule has 0 radical (unpaired) electrons. The molecule has 0 saturated carbocycles. The number of amides is 1. The van der Waals surface area contributed by atoms with E-state index in [-0.39, 0.29) is 34.8 Å². The van der Waals surface area contributed by atoms with Gasteiger partial charge in [0.25, 0.3) is 5.91 Å². The van der Waals surface area contributed by atoms with Gasteiger partial charge in [0.15, 0.2) is 0 Å². The topological polar surface area (TPSA) is 77.3 Å². The minimum absolute atomic E-state index is 0.0223. The molecule has 6 nitrogen and oxygen atoms in total. The molecule has 208 valence electrons. The monoisotopic (exact) mass is 557 g/mol. The standard InChI is InChI=1S/C17H14F3N5OS.C10H14.C2H6/c1-24-10-12(9-23-24)15(26)22-6-2-4-11-8-14-13(21)5-3-7-25(14)16(11)27-17(18,19)20;1-2-10-8-6-4-3-5-7-9-10;1-2/h3,5,7-10H,6,21H2,1H3,(H,22,26);6,8,10H,2-5H2,1H3;1-2H3/b;8-6-;. The highest BCUT2D eigenvalue weighted by atomic mass is 32.2. The molecule has 0 fully saturated rings. The minimum Gasteiger partial charge on any atom is -0.397 e. The number of nitrogens with zero attached hydrogens (tertiary/aromatic N) is 3. The number of rotatable bonds is 4. The number of carbonyl (C=O) groups is 1. The summed E-state index contributed by atoms with van der Waals surface area (Å²) >= 11 is -0.257. The Hall–Kier alpha value is -3.76. The molecule has 1 aliphatic rings. The maximum atomic E-state index is 12.9. The summed E-state index contributed by atoms with van der Waals surface area (Å²) in [7, 11) is 1.68. The van der Waals surface area contributed by atoms with E-state index < -0.39 is 5.51 Å². The van der Waals surface area contributed by atoms with Crippen molar-refractivity contribution < 1.29 is 18.0 Å². The number of nitrogens with one attached hydrogen (secondary N) is 1. The van der Waals surface area contributed by atoms with Crippen LogP contribution in [-0.4, -0.2) is 32.1 Å². The third-order valence-electron chi connectivity index (χ3n) is 5.30. The fraction of sp³-hybridized carbons (Fsp3) is 0.379. The van der Waals surface area contributed by atoms with Crippen LogP contribution >= 0.6 is 11.8 Å². The summed E-state index contributed by atoms with van der Waals surface area (Å²) < 4.78 is 41.6. The van der Waals surface area contributed by atoms with Gasteiger partial charge in [-0.2, -0.15) is 18.3 Å². The van der Waals surface area contributed by atoms with Crippen molar-refractivity contribution in [2.45, 2.75) is 57.0 Å². The van der Waals surface area contributed by atoms with Crippen LogP contribution in [0.1, 0.15) is 62.4 Å². The van der Waals surface area contributed by atoms with Crippen LogP contribution in [0.4, 0.5) is 18.9 Å². The second kappa shape index (κ2) is 15.6. The smallest absolute Gasteiger partial charge is 0.397 e. The van der Waals surface area contributed by atoms with Gasteiger partial charge in [-0.1, -0.05) is 50.7 Å². The van der Waals surface area contributed by atoms with Crippen molar-refractivity contribution in [3.63, 3.8) is 0 Å². The van der Waals surface area contributed by atoms with Crippen molar-refractivity contribution >= 4 is 28.9 Å². The Kier molecular flexibility index (Phi) is 12.6. The fourth-order valence-corrected chi connectivity index (χ4v) is 4.16. The highest BCUT2D eigenvalue weighted by Crippen LogP contribution is 2.40. The molecule has 3 heterocycles. The lowest BCUT2D eigenvalue weighted by Crippen LogP contribution is -2.23. The number of fused-ring (bicyclic) bond motifs is 1. The van der Waals surface area contributed by atoms with E-state index in [4.69, 9.17) is 5.73 Å². The second-order valence-corrected chi connectivity index (χ2v) is 9.23. The van der Waals surface area contributed by atoms with Crippen molar-refractivity contribution in [2.75, 3.05) is 12.3 Å². The molecule has 3 aromatic heterocycles. The highest BCUT2D eigenvalue weighted by Gasteiger charge is 2.32. The Morgan fingerprint density at radius 1 is 1.36 bits per heavy atom. The predicted octanol–water partition coefficient (Wildman–Crippen LogP) is 6.43. The molecule has 4 rings (SSSR count). The van der Waals surface area contributed by atoms with Gasteiger partial charge in [0, 0.05) is 43.5 Å². The number of carbonyl (C=O) groups excluding carboxylic acids is 1. The Bertz CT molecular complexity index is 1380. The van der Waals surface area contributed by atoms with E-state index in [1.54, 1.807) is 25.4 Å². The number of hydrogen-bond acceptors (Lipinski definition) is 4. The molecule has 1 aliphatic carbocycles. The molecular weight excluding hydrogens is 523 g/mol. The quantitative estimate of drug-likeness (QED) is 0.220. The fourth-order valence-electron chi connectivity index (χ4n) is 3.46. The molecule has 3 aromatic rings. The predicted molar refractivity (Wildman–Crippen MR) is 152 cm³/mol. The molecular formula is C29H34F3N5OS. The zero-order valence-electron chi connectivity index (χ0n) is 22.6. The van der Waals surface area contributed by atoms with Crippen LogP contribution < -0.4 is 11.1 Å². The Morgan fingerprint density at radius 3 is 2.79 bits per heavy atom. The summed E-state index contributed by atoms with van der Waals surface area (Å²) in [6.45, 7) is 6.16. The first-order chi connectivity index (χ1) is 18.7. The number of aromatic nitrogens is 3. The molecule has 3 N–H and O–H groups in total. The van der Waals surface area contributed by atoms with Gasteiger partial charge in [0.2, 0.25) is 0 Å². The van der Waals surface area contributed by atoms with Gasteiger partial charge in [-0.05, 0) is 37.5 Å². The first-order valence-electron chi connectivity index (χ1n) is 12.7. The summed E-state index contributed by atoms with van der Waals surface area (Å²) in [6, 6.07) is 4.66. The number of hydrogen-bond donors (Lipinski definition) is 2. The number of alkyl halides is 3. The van der Waals surface area contributed by atoms with Gasteiger partial charge in [-0.25, -0.2) is 0 Å². The van der Waals surface area contributed by atoms with Crippen LogP contribution in [0.25, 0.3) is 5.52 Å². The van der Waals surface area contributed by atoms with Crippen molar-refractivity contribution in [3.05, 3.63) is 60.1 Å². The molecule has 0 spiro atoms. The zero-order chi connectivity index (χ0) is 28.8. The normalized spacial score (nSPS) is 15.0. The lowest BCUT2D eigenvalue weighted by molar-refractivity contribution is -0.0329. The Morgan fingerprint density at radius 2 is 2.13 bits per heavy atom. The first kappa shape index (κ1) is 31.5. The maximum absolute atomic E-state index is 12.9. The SMILES string of the molecule is CC.CCC1C#CCCC/C=C\1.Cn1cc(C(=O)NCC#Cc2cc3c(N)cccn3c2SC(F)(F)F)cn1. The molecule has 39 heavy (non-hydrogen) atoms. The number of allylic oxidation sites excluding steroid dienone is 2. The molecule has 1 amide bonds. The van der Waals surface area contributed by atoms with Gasteiger partial charge in [-0.15, -0.1) is 5.92 Å². The van der Waals surface area contributed by atoms with E-state index in [1.807, 2.05) is 13.8 Å². The summed E-state index contributed by atoms with van der Waals surface area (Å²) in [5.41, 5.74) is 2.71. The summed E-state index contributed by atoms with van der Waals surface area (Å²) in [6.07, 6.45) is 13.6. The van der Waals surface area contributed by atoms with Crippen LogP contribution in [0.3, 0.4) is 0 Å². The van der Waals surface area contributed by atoms with Crippen LogP contribution in [0.2, 0.25) is 0 Å². The summed E-state index contributed by atoms with van der Waals surface area (Å²) in [5, 5.41) is 6.38. The van der Waals surface area contributed by atoms with Crippen molar-refractivity contribution in [1.82, 2.24) is 19.5 Å². The van der Waals surface area contributed by atoms with Gasteiger partial charge in [0.05, 0.1) is 35.1 Å². The first-order valence-corrected chi connectivity index (χ1v) is 13.6. The highest BCUT2D eigenvalue weighted by molar-refractivity contribution is 8.00. The lowest BCUT2D eigenvalue weighted by atomic mass is 10.0. The summed E-state index contributed by atoms with van der Waals surface area (Å²) in [5.74, 6) is 11.9. The average Bonchev–Trinajstić information content (AvgIpc) is 3.47. The van der Waals surface area contributed by atoms with Crippen LogP contribution in [0.15, 0.2) is 54.0 Å². The van der Waals surface area contributed by atoms with Crippen LogP contribution in [0, 0.1) is 29.6 Å². The van der Waals surface area contributed by atoms with Crippen LogP contribution in [0.5, 0.6) is 0 Å². The van der Waals surface area contributed by atoms with Crippen LogP contribution in [-0.2, 0) is 7.05 Å². The lowest BCUT2D eigenvalue weighted by Gasteiger charge is -2.07. The molecule has 0 aliphatic heterocycles. The van der Waals surface area contributed by atoms with E-state index in [2.05, 4.69) is 53.2 Å². The van der Waals surface area contributed by atoms with E-state index in [9.17, 15) is 18.0 Å². The maximum Gasteiger partial charge on any atom is 0.447 e. The third-order valence-corrected chi connectivity index (χ3v) is 6.15. The van der Waals surface area contributed by atoms with E-state index in [0.29, 0.717) is 22.7 Å². The zero-order valence-corrected chi connectivity index (χ0v) is 23.4.